The maximum absolute atomic E-state index is 11.7. The van der Waals surface area contributed by atoms with Gasteiger partial charge >= 0.3 is 0 Å². The van der Waals surface area contributed by atoms with Crippen molar-refractivity contribution in [3.63, 3.8) is 0 Å². The molecule has 1 amide bonds. The third kappa shape index (κ3) is 5.08. The zero-order valence-corrected chi connectivity index (χ0v) is 14.9. The molecule has 1 aromatic heterocycles. The topological polar surface area (TPSA) is 72.9 Å². The largest absolute Gasteiger partial charge is 0.357 e. The van der Waals surface area contributed by atoms with E-state index in [1.165, 1.54) is 0 Å². The lowest BCUT2D eigenvalue weighted by atomic mass is 10.3. The molecule has 7 nitrogen and oxygen atoms in total. The molecule has 0 radical (unpaired) electrons. The zero-order chi connectivity index (χ0) is 17.5. The summed E-state index contributed by atoms with van der Waals surface area (Å²) in [5.74, 6) is 2.41. The van der Waals surface area contributed by atoms with Gasteiger partial charge in [0.25, 0.3) is 0 Å². The van der Waals surface area contributed by atoms with Crippen LogP contribution in [0.5, 0.6) is 0 Å². The maximum atomic E-state index is 11.7. The van der Waals surface area contributed by atoms with E-state index in [1.54, 1.807) is 0 Å². The molecule has 1 aliphatic carbocycles. The molecule has 0 spiro atoms. The molecule has 0 unspecified atom stereocenters. The highest BCUT2D eigenvalue weighted by Crippen LogP contribution is 2.28. The second kappa shape index (κ2) is 8.69. The lowest BCUT2D eigenvalue weighted by molar-refractivity contribution is -0.122. The molecular formula is C18H28N6O. The van der Waals surface area contributed by atoms with Gasteiger partial charge in [0, 0.05) is 51.4 Å². The van der Waals surface area contributed by atoms with Crippen LogP contribution in [0, 0.1) is 5.92 Å². The SMILES string of the molecule is CCNC(=NCCNC(=O)C1CC1)N1CCN(c2ccccn2)CC1. The summed E-state index contributed by atoms with van der Waals surface area (Å²) in [6.07, 6.45) is 3.92. The second-order valence-corrected chi connectivity index (χ2v) is 6.46. The number of nitrogens with one attached hydrogen (secondary N) is 2. The molecule has 3 rings (SSSR count). The molecular weight excluding hydrogens is 316 g/mol. The van der Waals surface area contributed by atoms with E-state index in [9.17, 15) is 4.79 Å². The van der Waals surface area contributed by atoms with Crippen molar-refractivity contribution in [2.45, 2.75) is 19.8 Å². The van der Waals surface area contributed by atoms with Crippen molar-refractivity contribution < 1.29 is 4.79 Å². The fraction of sp³-hybridized carbons (Fsp3) is 0.611. The number of aliphatic imine (C=N–C) groups is 1. The summed E-state index contributed by atoms with van der Waals surface area (Å²) in [6.45, 7) is 7.83. The Bertz CT molecular complexity index is 578. The quantitative estimate of drug-likeness (QED) is 0.451. The van der Waals surface area contributed by atoms with Crippen molar-refractivity contribution in [3.8, 4) is 0 Å². The summed E-state index contributed by atoms with van der Waals surface area (Å²) in [5, 5.41) is 6.32. The summed E-state index contributed by atoms with van der Waals surface area (Å²) >= 11 is 0. The van der Waals surface area contributed by atoms with E-state index in [-0.39, 0.29) is 11.8 Å². The minimum absolute atomic E-state index is 0.184. The van der Waals surface area contributed by atoms with E-state index in [4.69, 9.17) is 0 Å². The normalized spacial score (nSPS) is 18.2. The van der Waals surface area contributed by atoms with Crippen molar-refractivity contribution in [2.24, 2.45) is 10.9 Å². The van der Waals surface area contributed by atoms with Crippen molar-refractivity contribution in [1.29, 1.82) is 0 Å². The third-order valence-electron chi connectivity index (χ3n) is 4.51. The van der Waals surface area contributed by atoms with Crippen LogP contribution in [0.15, 0.2) is 29.4 Å². The van der Waals surface area contributed by atoms with Crippen LogP contribution in [-0.4, -0.2) is 67.6 Å². The van der Waals surface area contributed by atoms with Gasteiger partial charge in [0.15, 0.2) is 5.96 Å². The van der Waals surface area contributed by atoms with Crippen LogP contribution in [0.4, 0.5) is 5.82 Å². The lowest BCUT2D eigenvalue weighted by Gasteiger charge is -2.37. The summed E-state index contributed by atoms with van der Waals surface area (Å²) in [5.41, 5.74) is 0. The number of aromatic nitrogens is 1. The van der Waals surface area contributed by atoms with E-state index in [0.717, 1.165) is 57.3 Å². The molecule has 2 N–H and O–H groups in total. The second-order valence-electron chi connectivity index (χ2n) is 6.46. The highest BCUT2D eigenvalue weighted by molar-refractivity contribution is 5.81. The molecule has 2 fully saturated rings. The van der Waals surface area contributed by atoms with Gasteiger partial charge in [0.05, 0.1) is 6.54 Å². The average Bonchev–Trinajstić information content (AvgIpc) is 3.50. The molecule has 7 heteroatoms. The number of rotatable bonds is 6. The van der Waals surface area contributed by atoms with Crippen molar-refractivity contribution in [1.82, 2.24) is 20.5 Å². The number of amides is 1. The van der Waals surface area contributed by atoms with Gasteiger partial charge < -0.3 is 20.4 Å². The monoisotopic (exact) mass is 344 g/mol. The molecule has 0 bridgehead atoms. The van der Waals surface area contributed by atoms with Crippen LogP contribution >= 0.6 is 0 Å². The van der Waals surface area contributed by atoms with Gasteiger partial charge in [-0.1, -0.05) is 6.07 Å². The predicted octanol–water partition coefficient (Wildman–Crippen LogP) is 0.695. The van der Waals surface area contributed by atoms with Gasteiger partial charge in [-0.3, -0.25) is 9.79 Å². The van der Waals surface area contributed by atoms with Gasteiger partial charge in [-0.2, -0.15) is 0 Å². The Morgan fingerprint density at radius 2 is 2.04 bits per heavy atom. The number of anilines is 1. The number of nitrogens with zero attached hydrogens (tertiary/aromatic N) is 4. The molecule has 0 aromatic carbocycles. The molecule has 1 saturated heterocycles. The number of hydrogen-bond acceptors (Lipinski definition) is 4. The van der Waals surface area contributed by atoms with Crippen molar-refractivity contribution >= 4 is 17.7 Å². The first-order valence-corrected chi connectivity index (χ1v) is 9.25. The van der Waals surface area contributed by atoms with Crippen LogP contribution in [-0.2, 0) is 4.79 Å². The Hall–Kier alpha value is -2.31. The van der Waals surface area contributed by atoms with Gasteiger partial charge in [-0.25, -0.2) is 4.98 Å². The Labute approximate surface area is 149 Å². The van der Waals surface area contributed by atoms with Crippen LogP contribution in [0.25, 0.3) is 0 Å². The fourth-order valence-corrected chi connectivity index (χ4v) is 2.94. The number of piperazine rings is 1. The van der Waals surface area contributed by atoms with Crippen molar-refractivity contribution in [3.05, 3.63) is 24.4 Å². The Balaban J connectivity index is 1.47. The van der Waals surface area contributed by atoms with E-state index < -0.39 is 0 Å². The van der Waals surface area contributed by atoms with E-state index >= 15 is 0 Å². The third-order valence-corrected chi connectivity index (χ3v) is 4.51. The smallest absolute Gasteiger partial charge is 0.223 e. The van der Waals surface area contributed by atoms with Gasteiger partial charge in [0.1, 0.15) is 5.82 Å². The van der Waals surface area contributed by atoms with Crippen LogP contribution < -0.4 is 15.5 Å². The zero-order valence-electron chi connectivity index (χ0n) is 14.9. The van der Waals surface area contributed by atoms with Crippen LogP contribution in [0.3, 0.4) is 0 Å². The van der Waals surface area contributed by atoms with E-state index in [0.29, 0.717) is 13.1 Å². The number of guanidine groups is 1. The lowest BCUT2D eigenvalue weighted by Crippen LogP contribution is -2.52. The Kier molecular flexibility index (Phi) is 6.09. The minimum atomic E-state index is 0.184. The summed E-state index contributed by atoms with van der Waals surface area (Å²) < 4.78 is 0. The number of hydrogen-bond donors (Lipinski definition) is 2. The molecule has 1 aromatic rings. The van der Waals surface area contributed by atoms with Crippen molar-refractivity contribution in [2.75, 3.05) is 50.7 Å². The van der Waals surface area contributed by atoms with E-state index in [2.05, 4.69) is 43.4 Å². The number of pyridine rings is 1. The van der Waals surface area contributed by atoms with Gasteiger partial charge in [-0.15, -0.1) is 0 Å². The summed E-state index contributed by atoms with van der Waals surface area (Å²) in [6, 6.07) is 6.02. The molecule has 1 saturated carbocycles. The Morgan fingerprint density at radius 3 is 2.68 bits per heavy atom. The number of carbonyl (C=O) groups excluding carboxylic acids is 1. The fourth-order valence-electron chi connectivity index (χ4n) is 2.94. The first-order chi connectivity index (χ1) is 12.3. The standard InChI is InChI=1S/C18H28N6O/c1-2-19-18(22-10-9-21-17(25)15-6-7-15)24-13-11-23(12-14-24)16-5-3-4-8-20-16/h3-5,8,15H,2,6-7,9-14H2,1H3,(H,19,22)(H,21,25). The molecule has 25 heavy (non-hydrogen) atoms. The summed E-state index contributed by atoms with van der Waals surface area (Å²) in [7, 11) is 0. The number of carbonyl (C=O) groups is 1. The van der Waals surface area contributed by atoms with Gasteiger partial charge in [-0.05, 0) is 31.9 Å². The molecule has 2 aliphatic rings. The minimum Gasteiger partial charge on any atom is -0.357 e. The first-order valence-electron chi connectivity index (χ1n) is 9.25. The molecule has 136 valence electrons. The highest BCUT2D eigenvalue weighted by Gasteiger charge is 2.29. The highest BCUT2D eigenvalue weighted by atomic mass is 16.2. The first kappa shape index (κ1) is 17.5. The molecule has 1 aliphatic heterocycles. The predicted molar refractivity (Wildman–Crippen MR) is 99.7 cm³/mol. The average molecular weight is 344 g/mol. The van der Waals surface area contributed by atoms with Crippen LogP contribution in [0.1, 0.15) is 19.8 Å². The molecule has 2 heterocycles. The molecule has 0 atom stereocenters. The summed E-state index contributed by atoms with van der Waals surface area (Å²) in [4.78, 5) is 25.3. The van der Waals surface area contributed by atoms with E-state index in [1.807, 2.05) is 18.3 Å². The van der Waals surface area contributed by atoms with Crippen LogP contribution in [0.2, 0.25) is 0 Å². The Morgan fingerprint density at radius 1 is 1.24 bits per heavy atom. The van der Waals surface area contributed by atoms with Gasteiger partial charge in [0.2, 0.25) is 5.91 Å². The maximum Gasteiger partial charge on any atom is 0.223 e.